The lowest BCUT2D eigenvalue weighted by molar-refractivity contribution is 0.0452. The first kappa shape index (κ1) is 15.1. The molecule has 0 saturated heterocycles. The maximum absolute atomic E-state index is 5.74. The smallest absolute Gasteiger partial charge is 0.0964 e. The zero-order chi connectivity index (χ0) is 13.4. The molecule has 18 heavy (non-hydrogen) atoms. The summed E-state index contributed by atoms with van der Waals surface area (Å²) in [5, 5.41) is 11.4. The van der Waals surface area contributed by atoms with Crippen LogP contribution in [-0.2, 0) is 17.8 Å². The Hall–Kier alpha value is -0.940. The quantitative estimate of drug-likeness (QED) is 0.730. The van der Waals surface area contributed by atoms with Crippen LogP contribution in [0, 0.1) is 5.92 Å². The van der Waals surface area contributed by atoms with Gasteiger partial charge < -0.3 is 10.1 Å². The van der Waals surface area contributed by atoms with Gasteiger partial charge in [0.25, 0.3) is 0 Å². The first-order valence-electron chi connectivity index (χ1n) is 6.83. The number of hydrogen-bond donors (Lipinski definition) is 1. The normalized spacial score (nSPS) is 13.2. The second-order valence-corrected chi connectivity index (χ2v) is 5.06. The highest BCUT2D eigenvalue weighted by Crippen LogP contribution is 2.07. The molecule has 0 aliphatic carbocycles. The van der Waals surface area contributed by atoms with Gasteiger partial charge in [0.15, 0.2) is 0 Å². The summed E-state index contributed by atoms with van der Waals surface area (Å²) in [6.45, 7) is 11.8. The molecule has 1 rings (SSSR count). The van der Waals surface area contributed by atoms with Crippen molar-refractivity contribution in [2.75, 3.05) is 13.2 Å². The van der Waals surface area contributed by atoms with Crippen molar-refractivity contribution >= 4 is 0 Å². The van der Waals surface area contributed by atoms with Gasteiger partial charge in [-0.15, -0.1) is 5.10 Å². The SMILES string of the molecule is CCNCc1cn(CCOC(C)CC(C)C)nn1. The van der Waals surface area contributed by atoms with Crippen LogP contribution in [0.1, 0.15) is 39.8 Å². The van der Waals surface area contributed by atoms with E-state index in [0.29, 0.717) is 18.6 Å². The molecule has 1 aromatic rings. The molecule has 104 valence electrons. The summed E-state index contributed by atoms with van der Waals surface area (Å²) in [5.74, 6) is 0.679. The summed E-state index contributed by atoms with van der Waals surface area (Å²) in [5.41, 5.74) is 0.979. The molecule has 1 heterocycles. The van der Waals surface area contributed by atoms with Gasteiger partial charge in [0.05, 0.1) is 24.9 Å². The second-order valence-electron chi connectivity index (χ2n) is 5.06. The van der Waals surface area contributed by atoms with Crippen LogP contribution in [0.25, 0.3) is 0 Å². The Morgan fingerprint density at radius 2 is 2.17 bits per heavy atom. The van der Waals surface area contributed by atoms with Crippen LogP contribution in [0.3, 0.4) is 0 Å². The van der Waals surface area contributed by atoms with Crippen molar-refractivity contribution in [2.45, 2.75) is 53.3 Å². The summed E-state index contributed by atoms with van der Waals surface area (Å²) < 4.78 is 7.58. The Morgan fingerprint density at radius 1 is 1.39 bits per heavy atom. The van der Waals surface area contributed by atoms with Crippen LogP contribution in [0.4, 0.5) is 0 Å². The monoisotopic (exact) mass is 254 g/mol. The number of rotatable bonds is 9. The van der Waals surface area contributed by atoms with E-state index in [1.54, 1.807) is 0 Å². The largest absolute Gasteiger partial charge is 0.377 e. The molecular weight excluding hydrogens is 228 g/mol. The Kier molecular flexibility index (Phi) is 6.90. The summed E-state index contributed by atoms with van der Waals surface area (Å²) in [6.07, 6.45) is 3.39. The topological polar surface area (TPSA) is 52.0 Å². The van der Waals surface area contributed by atoms with Gasteiger partial charge in [-0.1, -0.05) is 26.0 Å². The van der Waals surface area contributed by atoms with Crippen LogP contribution < -0.4 is 5.32 Å². The summed E-state index contributed by atoms with van der Waals surface area (Å²) in [7, 11) is 0. The van der Waals surface area contributed by atoms with Crippen molar-refractivity contribution < 1.29 is 4.74 Å². The van der Waals surface area contributed by atoms with E-state index in [-0.39, 0.29) is 0 Å². The zero-order valence-electron chi connectivity index (χ0n) is 12.0. The summed E-state index contributed by atoms with van der Waals surface area (Å²) in [4.78, 5) is 0. The van der Waals surface area contributed by atoms with Gasteiger partial charge in [-0.05, 0) is 25.8 Å². The van der Waals surface area contributed by atoms with Gasteiger partial charge in [0.2, 0.25) is 0 Å². The van der Waals surface area contributed by atoms with E-state index >= 15 is 0 Å². The van der Waals surface area contributed by atoms with Gasteiger partial charge >= 0.3 is 0 Å². The van der Waals surface area contributed by atoms with Gasteiger partial charge in [-0.25, -0.2) is 4.68 Å². The lowest BCUT2D eigenvalue weighted by atomic mass is 10.1. The highest BCUT2D eigenvalue weighted by atomic mass is 16.5. The van der Waals surface area contributed by atoms with Crippen molar-refractivity contribution in [3.63, 3.8) is 0 Å². The third-order valence-electron chi connectivity index (χ3n) is 2.67. The minimum absolute atomic E-state index is 0.315. The van der Waals surface area contributed by atoms with E-state index in [4.69, 9.17) is 4.74 Å². The average Bonchev–Trinajstić information content (AvgIpc) is 2.73. The maximum Gasteiger partial charge on any atom is 0.0964 e. The average molecular weight is 254 g/mol. The number of nitrogens with one attached hydrogen (secondary N) is 1. The summed E-state index contributed by atoms with van der Waals surface area (Å²) >= 11 is 0. The van der Waals surface area contributed by atoms with E-state index in [0.717, 1.165) is 31.7 Å². The van der Waals surface area contributed by atoms with Gasteiger partial charge in [0, 0.05) is 12.7 Å². The molecule has 5 heteroatoms. The zero-order valence-corrected chi connectivity index (χ0v) is 12.0. The number of hydrogen-bond acceptors (Lipinski definition) is 4. The molecule has 0 aromatic carbocycles. The highest BCUT2D eigenvalue weighted by Gasteiger charge is 2.05. The van der Waals surface area contributed by atoms with Crippen LogP contribution in [-0.4, -0.2) is 34.2 Å². The van der Waals surface area contributed by atoms with Crippen molar-refractivity contribution in [1.29, 1.82) is 0 Å². The molecule has 0 aliphatic heterocycles. The van der Waals surface area contributed by atoms with Crippen molar-refractivity contribution in [1.82, 2.24) is 20.3 Å². The molecular formula is C13H26N4O. The van der Waals surface area contributed by atoms with Crippen molar-refractivity contribution in [3.8, 4) is 0 Å². The molecule has 1 atom stereocenters. The van der Waals surface area contributed by atoms with Gasteiger partial charge in [-0.3, -0.25) is 0 Å². The van der Waals surface area contributed by atoms with Gasteiger partial charge in [0.1, 0.15) is 0 Å². The van der Waals surface area contributed by atoms with Crippen molar-refractivity contribution in [2.24, 2.45) is 5.92 Å². The predicted octanol–water partition coefficient (Wildman–Crippen LogP) is 1.84. The van der Waals surface area contributed by atoms with Crippen molar-refractivity contribution in [3.05, 3.63) is 11.9 Å². The fourth-order valence-electron chi connectivity index (χ4n) is 1.86. The first-order valence-corrected chi connectivity index (χ1v) is 6.83. The molecule has 0 radical (unpaired) electrons. The molecule has 1 unspecified atom stereocenters. The fourth-order valence-corrected chi connectivity index (χ4v) is 1.86. The van der Waals surface area contributed by atoms with Crippen LogP contribution in [0.2, 0.25) is 0 Å². The number of nitrogens with zero attached hydrogens (tertiary/aromatic N) is 3. The van der Waals surface area contributed by atoms with Gasteiger partial charge in [-0.2, -0.15) is 0 Å². The second kappa shape index (κ2) is 8.21. The highest BCUT2D eigenvalue weighted by molar-refractivity contribution is 4.91. The minimum atomic E-state index is 0.315. The molecule has 0 aliphatic rings. The van der Waals surface area contributed by atoms with Crippen LogP contribution in [0.15, 0.2) is 6.20 Å². The molecule has 0 saturated carbocycles. The predicted molar refractivity (Wildman–Crippen MR) is 72.3 cm³/mol. The Bertz CT molecular complexity index is 325. The van der Waals surface area contributed by atoms with E-state index < -0.39 is 0 Å². The molecule has 0 spiro atoms. The first-order chi connectivity index (χ1) is 8.61. The Balaban J connectivity index is 2.20. The fraction of sp³-hybridized carbons (Fsp3) is 0.846. The molecule has 0 bridgehead atoms. The van der Waals surface area contributed by atoms with E-state index in [2.05, 4.69) is 43.3 Å². The Morgan fingerprint density at radius 3 is 2.83 bits per heavy atom. The standard InChI is InChI=1S/C13H26N4O/c1-5-14-9-13-10-17(16-15-13)6-7-18-12(4)8-11(2)3/h10-12,14H,5-9H2,1-4H3. The van der Waals surface area contributed by atoms with Crippen LogP contribution >= 0.6 is 0 Å². The van der Waals surface area contributed by atoms with Crippen LogP contribution in [0.5, 0.6) is 0 Å². The van der Waals surface area contributed by atoms with E-state index in [1.165, 1.54) is 0 Å². The third kappa shape index (κ3) is 6.12. The molecule has 1 aromatic heterocycles. The molecule has 0 amide bonds. The molecule has 1 N–H and O–H groups in total. The molecule has 5 nitrogen and oxygen atoms in total. The lowest BCUT2D eigenvalue weighted by Crippen LogP contribution is -2.15. The lowest BCUT2D eigenvalue weighted by Gasteiger charge is -2.14. The summed E-state index contributed by atoms with van der Waals surface area (Å²) in [6, 6.07) is 0. The third-order valence-corrected chi connectivity index (χ3v) is 2.67. The number of ether oxygens (including phenoxy) is 1. The minimum Gasteiger partial charge on any atom is -0.377 e. The van der Waals surface area contributed by atoms with E-state index in [9.17, 15) is 0 Å². The maximum atomic E-state index is 5.74. The number of aromatic nitrogens is 3. The molecule has 0 fully saturated rings. The van der Waals surface area contributed by atoms with E-state index in [1.807, 2.05) is 10.9 Å². The Labute approximate surface area is 110 Å².